The average molecular weight is 434 g/mol. The third-order valence-corrected chi connectivity index (χ3v) is 5.90. The number of amides is 1. The van der Waals surface area contributed by atoms with Crippen molar-refractivity contribution in [1.82, 2.24) is 10.6 Å². The fraction of sp³-hybridized carbons (Fsp3) is 0.435. The molecule has 2 aliphatic rings. The predicted octanol–water partition coefficient (Wildman–Crippen LogP) is 3.75. The molecule has 4 rings (SSSR count). The van der Waals surface area contributed by atoms with Gasteiger partial charge in [0.2, 0.25) is 0 Å². The van der Waals surface area contributed by atoms with Crippen LogP contribution >= 0.6 is 12.4 Å². The van der Waals surface area contributed by atoms with Crippen molar-refractivity contribution < 1.29 is 13.9 Å². The zero-order valence-corrected chi connectivity index (χ0v) is 17.7. The van der Waals surface area contributed by atoms with Gasteiger partial charge in [-0.05, 0) is 60.7 Å². The molecule has 0 aromatic heterocycles. The van der Waals surface area contributed by atoms with Crippen molar-refractivity contribution in [2.45, 2.75) is 37.9 Å². The Hall–Kier alpha value is -1.99. The van der Waals surface area contributed by atoms with Crippen molar-refractivity contribution in [1.29, 1.82) is 0 Å². The molecular weight excluding hydrogens is 405 g/mol. The van der Waals surface area contributed by atoms with Crippen molar-refractivity contribution in [3.63, 3.8) is 0 Å². The summed E-state index contributed by atoms with van der Waals surface area (Å²) in [4.78, 5) is 12.4. The first-order chi connectivity index (χ1) is 14.2. The van der Waals surface area contributed by atoms with Crippen molar-refractivity contribution >= 4 is 24.0 Å². The zero-order valence-electron chi connectivity index (χ0n) is 16.9. The number of carbonyl (C=O) groups excluding carboxylic acids is 1. The standard InChI is InChI=1S/C23H28FN3O2.ClH/c24-18-9-7-17(8-10-18)23(28)27-19-4-1-3-16(13-19)14-26-21-6-2-5-20(21)22-15-29-12-11-25-22;/h1,3-4,7-10,13,20-22,25-26H,2,5-6,11-12,14-15H2,(H,27,28);1H. The fourth-order valence-electron chi connectivity index (χ4n) is 4.40. The molecule has 1 amide bonds. The minimum absolute atomic E-state index is 0. The normalized spacial score (nSPS) is 23.6. The van der Waals surface area contributed by atoms with E-state index in [1.54, 1.807) is 0 Å². The van der Waals surface area contributed by atoms with Gasteiger partial charge in [-0.15, -0.1) is 12.4 Å². The summed E-state index contributed by atoms with van der Waals surface area (Å²) in [6.07, 6.45) is 3.66. The van der Waals surface area contributed by atoms with E-state index in [4.69, 9.17) is 4.74 Å². The molecule has 30 heavy (non-hydrogen) atoms. The molecule has 1 aliphatic heterocycles. The second kappa shape index (κ2) is 10.9. The number of ether oxygens (including phenoxy) is 1. The molecule has 162 valence electrons. The van der Waals surface area contributed by atoms with Crippen LogP contribution in [-0.4, -0.2) is 37.7 Å². The van der Waals surface area contributed by atoms with E-state index < -0.39 is 0 Å². The van der Waals surface area contributed by atoms with E-state index in [9.17, 15) is 9.18 Å². The summed E-state index contributed by atoms with van der Waals surface area (Å²) in [5, 5.41) is 10.2. The van der Waals surface area contributed by atoms with E-state index in [0.717, 1.165) is 37.6 Å². The molecule has 0 bridgehead atoms. The number of hydrogen-bond donors (Lipinski definition) is 3. The molecule has 3 atom stereocenters. The quantitative estimate of drug-likeness (QED) is 0.649. The van der Waals surface area contributed by atoms with Crippen molar-refractivity contribution in [3.8, 4) is 0 Å². The van der Waals surface area contributed by atoms with Gasteiger partial charge in [-0.2, -0.15) is 0 Å². The number of hydrogen-bond acceptors (Lipinski definition) is 4. The van der Waals surface area contributed by atoms with Crippen molar-refractivity contribution in [2.75, 3.05) is 25.1 Å². The number of anilines is 1. The first-order valence-electron chi connectivity index (χ1n) is 10.4. The molecule has 0 spiro atoms. The minimum Gasteiger partial charge on any atom is -0.379 e. The number of nitrogens with one attached hydrogen (secondary N) is 3. The Morgan fingerprint density at radius 2 is 2.00 bits per heavy atom. The summed E-state index contributed by atoms with van der Waals surface area (Å²) in [5.74, 6) is 0.000767. The minimum atomic E-state index is -0.352. The van der Waals surface area contributed by atoms with Gasteiger partial charge in [-0.1, -0.05) is 18.6 Å². The summed E-state index contributed by atoms with van der Waals surface area (Å²) in [5.41, 5.74) is 2.30. The monoisotopic (exact) mass is 433 g/mol. The molecular formula is C23H29ClFN3O2. The lowest BCUT2D eigenvalue weighted by molar-refractivity contribution is 0.0524. The number of carbonyl (C=O) groups is 1. The van der Waals surface area contributed by atoms with Crippen LogP contribution in [0.15, 0.2) is 48.5 Å². The molecule has 7 heteroatoms. The van der Waals surface area contributed by atoms with E-state index >= 15 is 0 Å². The summed E-state index contributed by atoms with van der Waals surface area (Å²) >= 11 is 0. The van der Waals surface area contributed by atoms with Gasteiger partial charge in [0, 0.05) is 36.4 Å². The van der Waals surface area contributed by atoms with E-state index in [0.29, 0.717) is 23.6 Å². The number of rotatable bonds is 6. The fourth-order valence-corrected chi connectivity index (χ4v) is 4.40. The van der Waals surface area contributed by atoms with Gasteiger partial charge in [0.05, 0.1) is 13.2 Å². The third kappa shape index (κ3) is 5.79. The van der Waals surface area contributed by atoms with Gasteiger partial charge in [-0.25, -0.2) is 4.39 Å². The van der Waals surface area contributed by atoms with Crippen LogP contribution in [0, 0.1) is 11.7 Å². The van der Waals surface area contributed by atoms with Crippen molar-refractivity contribution in [2.24, 2.45) is 5.92 Å². The van der Waals surface area contributed by atoms with Crippen LogP contribution in [0.2, 0.25) is 0 Å². The van der Waals surface area contributed by atoms with Crippen LogP contribution < -0.4 is 16.0 Å². The molecule has 1 saturated heterocycles. The van der Waals surface area contributed by atoms with E-state index in [-0.39, 0.29) is 24.1 Å². The SMILES string of the molecule is Cl.O=C(Nc1cccc(CNC2CCCC2C2COCCN2)c1)c1ccc(F)cc1. The van der Waals surface area contributed by atoms with Crippen LogP contribution in [-0.2, 0) is 11.3 Å². The number of morpholine rings is 1. The lowest BCUT2D eigenvalue weighted by atomic mass is 9.94. The Morgan fingerprint density at radius 1 is 1.17 bits per heavy atom. The Balaban J connectivity index is 0.00000256. The largest absolute Gasteiger partial charge is 0.379 e. The maximum absolute atomic E-state index is 13.0. The lowest BCUT2D eigenvalue weighted by Crippen LogP contribution is -2.50. The highest BCUT2D eigenvalue weighted by Crippen LogP contribution is 2.29. The smallest absolute Gasteiger partial charge is 0.255 e. The second-order valence-corrected chi connectivity index (χ2v) is 7.88. The van der Waals surface area contributed by atoms with Gasteiger partial charge in [0.1, 0.15) is 5.82 Å². The molecule has 0 radical (unpaired) electrons. The number of benzene rings is 2. The summed E-state index contributed by atoms with van der Waals surface area (Å²) in [6.45, 7) is 3.30. The first-order valence-corrected chi connectivity index (χ1v) is 10.4. The van der Waals surface area contributed by atoms with E-state index in [1.807, 2.05) is 18.2 Å². The van der Waals surface area contributed by atoms with Gasteiger partial charge in [0.25, 0.3) is 5.91 Å². The van der Waals surface area contributed by atoms with Gasteiger partial charge < -0.3 is 20.7 Å². The maximum atomic E-state index is 13.0. The molecule has 2 aromatic carbocycles. The molecule has 2 fully saturated rings. The first kappa shape index (κ1) is 22.7. The molecule has 2 aromatic rings. The molecule has 3 unspecified atom stereocenters. The Bertz CT molecular complexity index is 827. The maximum Gasteiger partial charge on any atom is 0.255 e. The van der Waals surface area contributed by atoms with Crippen LogP contribution in [0.1, 0.15) is 35.2 Å². The summed E-state index contributed by atoms with van der Waals surface area (Å²) in [6, 6.07) is 14.3. The second-order valence-electron chi connectivity index (χ2n) is 7.88. The molecule has 1 aliphatic carbocycles. The lowest BCUT2D eigenvalue weighted by Gasteiger charge is -2.33. The highest BCUT2D eigenvalue weighted by Gasteiger charge is 2.34. The third-order valence-electron chi connectivity index (χ3n) is 5.90. The molecule has 3 N–H and O–H groups in total. The van der Waals surface area contributed by atoms with E-state index in [1.165, 1.54) is 43.5 Å². The predicted molar refractivity (Wildman–Crippen MR) is 119 cm³/mol. The van der Waals surface area contributed by atoms with E-state index in [2.05, 4.69) is 22.0 Å². The summed E-state index contributed by atoms with van der Waals surface area (Å²) < 4.78 is 18.7. The van der Waals surface area contributed by atoms with Crippen molar-refractivity contribution in [3.05, 3.63) is 65.5 Å². The van der Waals surface area contributed by atoms with Crippen LogP contribution in [0.3, 0.4) is 0 Å². The Labute approximate surface area is 183 Å². The van der Waals surface area contributed by atoms with Crippen LogP contribution in [0.25, 0.3) is 0 Å². The molecule has 5 nitrogen and oxygen atoms in total. The number of halogens is 2. The van der Waals surface area contributed by atoms with Gasteiger partial charge in [-0.3, -0.25) is 4.79 Å². The Morgan fingerprint density at radius 3 is 2.77 bits per heavy atom. The van der Waals surface area contributed by atoms with Crippen LogP contribution in [0.5, 0.6) is 0 Å². The molecule has 1 saturated carbocycles. The Kier molecular flexibility index (Phi) is 8.22. The topological polar surface area (TPSA) is 62.4 Å². The molecule has 1 heterocycles. The van der Waals surface area contributed by atoms with Gasteiger partial charge in [0.15, 0.2) is 0 Å². The highest BCUT2D eigenvalue weighted by molar-refractivity contribution is 6.04. The average Bonchev–Trinajstić information content (AvgIpc) is 3.22. The van der Waals surface area contributed by atoms with Gasteiger partial charge >= 0.3 is 0 Å². The highest BCUT2D eigenvalue weighted by atomic mass is 35.5. The zero-order chi connectivity index (χ0) is 20.1. The van der Waals surface area contributed by atoms with Crippen LogP contribution in [0.4, 0.5) is 10.1 Å². The summed E-state index contributed by atoms with van der Waals surface area (Å²) in [7, 11) is 0.